The maximum absolute atomic E-state index is 12.6. The highest BCUT2D eigenvalue weighted by atomic mass is 19.4. The van der Waals surface area contributed by atoms with Crippen molar-refractivity contribution < 1.29 is 13.2 Å². The molecule has 1 aromatic carbocycles. The largest absolute Gasteiger partial charge is 0.416 e. The fourth-order valence-electron chi connectivity index (χ4n) is 2.42. The fraction of sp³-hybridized carbons (Fsp3) is 0.625. The number of aryl methyl sites for hydroxylation is 1. The zero-order valence-corrected chi connectivity index (χ0v) is 12.6. The molecule has 1 atom stereocenters. The van der Waals surface area contributed by atoms with Crippen molar-refractivity contribution >= 4 is 0 Å². The second-order valence-corrected chi connectivity index (χ2v) is 6.30. The van der Waals surface area contributed by atoms with Gasteiger partial charge in [0.05, 0.1) is 5.56 Å². The number of rotatable bonds is 5. The Balaban J connectivity index is 2.58. The predicted molar refractivity (Wildman–Crippen MR) is 76.7 cm³/mol. The quantitative estimate of drug-likeness (QED) is 0.830. The third-order valence-electron chi connectivity index (χ3n) is 3.61. The fourth-order valence-corrected chi connectivity index (χ4v) is 2.42. The molecule has 1 N–H and O–H groups in total. The summed E-state index contributed by atoms with van der Waals surface area (Å²) in [7, 11) is 1.93. The van der Waals surface area contributed by atoms with Gasteiger partial charge in [0, 0.05) is 6.04 Å². The van der Waals surface area contributed by atoms with Gasteiger partial charge in [-0.15, -0.1) is 0 Å². The summed E-state index contributed by atoms with van der Waals surface area (Å²) in [5.74, 6) is 0. The van der Waals surface area contributed by atoms with E-state index in [4.69, 9.17) is 0 Å². The lowest BCUT2D eigenvalue weighted by Crippen LogP contribution is -2.37. The van der Waals surface area contributed by atoms with E-state index in [2.05, 4.69) is 26.1 Å². The van der Waals surface area contributed by atoms with Crippen molar-refractivity contribution in [1.82, 2.24) is 5.32 Å². The lowest BCUT2D eigenvalue weighted by Gasteiger charge is -2.30. The lowest BCUT2D eigenvalue weighted by molar-refractivity contribution is -0.137. The summed E-state index contributed by atoms with van der Waals surface area (Å²) in [6.07, 6.45) is -1.74. The summed E-state index contributed by atoms with van der Waals surface area (Å²) in [6, 6.07) is 5.99. The Kier molecular flexibility index (Phi) is 5.63. The SMILES string of the molecule is CNC(CCCc1cccc(C(F)(F)F)c1)C(C)(C)C. The summed E-state index contributed by atoms with van der Waals surface area (Å²) in [6.45, 7) is 6.50. The van der Waals surface area contributed by atoms with E-state index in [1.807, 2.05) is 7.05 Å². The van der Waals surface area contributed by atoms with E-state index in [1.54, 1.807) is 6.07 Å². The van der Waals surface area contributed by atoms with Crippen molar-refractivity contribution in [2.24, 2.45) is 5.41 Å². The van der Waals surface area contributed by atoms with Crippen LogP contribution in [0.5, 0.6) is 0 Å². The number of nitrogens with one attached hydrogen (secondary N) is 1. The molecular weight excluding hydrogens is 263 g/mol. The second-order valence-electron chi connectivity index (χ2n) is 6.30. The van der Waals surface area contributed by atoms with Crippen molar-refractivity contribution in [3.8, 4) is 0 Å². The summed E-state index contributed by atoms with van der Waals surface area (Å²) in [4.78, 5) is 0. The number of hydrogen-bond acceptors (Lipinski definition) is 1. The number of halogens is 3. The highest BCUT2D eigenvalue weighted by molar-refractivity contribution is 5.25. The Bertz CT molecular complexity index is 418. The molecule has 0 spiro atoms. The van der Waals surface area contributed by atoms with Crippen molar-refractivity contribution in [2.75, 3.05) is 7.05 Å². The van der Waals surface area contributed by atoms with Gasteiger partial charge in [-0.2, -0.15) is 13.2 Å². The first kappa shape index (κ1) is 17.0. The molecule has 0 aliphatic rings. The first-order valence-electron chi connectivity index (χ1n) is 6.98. The van der Waals surface area contributed by atoms with Crippen LogP contribution in [0.1, 0.15) is 44.7 Å². The molecule has 0 amide bonds. The Morgan fingerprint density at radius 3 is 2.30 bits per heavy atom. The normalized spacial score (nSPS) is 14.3. The van der Waals surface area contributed by atoms with Crippen LogP contribution in [0.4, 0.5) is 13.2 Å². The van der Waals surface area contributed by atoms with Gasteiger partial charge in [-0.1, -0.05) is 39.0 Å². The maximum atomic E-state index is 12.6. The minimum absolute atomic E-state index is 0.155. The van der Waals surface area contributed by atoms with Gasteiger partial charge in [0.2, 0.25) is 0 Å². The smallest absolute Gasteiger partial charge is 0.316 e. The van der Waals surface area contributed by atoms with Gasteiger partial charge < -0.3 is 5.32 Å². The number of hydrogen-bond donors (Lipinski definition) is 1. The average Bonchev–Trinajstić information content (AvgIpc) is 2.32. The topological polar surface area (TPSA) is 12.0 Å². The van der Waals surface area contributed by atoms with E-state index in [1.165, 1.54) is 12.1 Å². The molecule has 0 saturated carbocycles. The minimum Gasteiger partial charge on any atom is -0.316 e. The molecule has 0 fully saturated rings. The van der Waals surface area contributed by atoms with E-state index in [0.717, 1.165) is 24.5 Å². The molecule has 114 valence electrons. The van der Waals surface area contributed by atoms with Crippen LogP contribution in [0, 0.1) is 5.41 Å². The molecule has 0 aliphatic carbocycles. The molecule has 4 heteroatoms. The summed E-state index contributed by atoms with van der Waals surface area (Å²) in [5.41, 5.74) is 0.349. The molecule has 0 aliphatic heterocycles. The summed E-state index contributed by atoms with van der Waals surface area (Å²) < 4.78 is 37.9. The third-order valence-corrected chi connectivity index (χ3v) is 3.61. The van der Waals surface area contributed by atoms with Gasteiger partial charge >= 0.3 is 6.18 Å². The van der Waals surface area contributed by atoms with E-state index >= 15 is 0 Å². The molecule has 0 saturated heterocycles. The van der Waals surface area contributed by atoms with E-state index in [0.29, 0.717) is 12.5 Å². The molecule has 1 unspecified atom stereocenters. The predicted octanol–water partition coefficient (Wildman–Crippen LogP) is 4.66. The van der Waals surface area contributed by atoms with Gasteiger partial charge in [0.15, 0.2) is 0 Å². The monoisotopic (exact) mass is 287 g/mol. The molecule has 0 aromatic heterocycles. The minimum atomic E-state index is -4.26. The van der Waals surface area contributed by atoms with Crippen LogP contribution in [0.3, 0.4) is 0 Å². The zero-order chi connectivity index (χ0) is 15.4. The van der Waals surface area contributed by atoms with Crippen molar-refractivity contribution in [3.05, 3.63) is 35.4 Å². The summed E-state index contributed by atoms with van der Waals surface area (Å²) >= 11 is 0. The molecule has 0 radical (unpaired) electrons. The second kappa shape index (κ2) is 6.61. The Morgan fingerprint density at radius 1 is 1.15 bits per heavy atom. The first-order chi connectivity index (χ1) is 9.14. The van der Waals surface area contributed by atoms with E-state index in [9.17, 15) is 13.2 Å². The van der Waals surface area contributed by atoms with Gasteiger partial charge in [-0.3, -0.25) is 0 Å². The van der Waals surface area contributed by atoms with Gasteiger partial charge in [-0.05, 0) is 43.4 Å². The Hall–Kier alpha value is -1.03. The standard InChI is InChI=1S/C16H24F3N/c1-15(2,3)14(20-4)10-6-8-12-7-5-9-13(11-12)16(17,18)19/h5,7,9,11,14,20H,6,8,10H2,1-4H3. The zero-order valence-electron chi connectivity index (χ0n) is 12.6. The van der Waals surface area contributed by atoms with Crippen LogP contribution in [0.15, 0.2) is 24.3 Å². The summed E-state index contributed by atoms with van der Waals surface area (Å²) in [5, 5.41) is 3.28. The lowest BCUT2D eigenvalue weighted by atomic mass is 9.83. The highest BCUT2D eigenvalue weighted by Gasteiger charge is 2.30. The molecule has 0 heterocycles. The van der Waals surface area contributed by atoms with Crippen LogP contribution in [0.25, 0.3) is 0 Å². The van der Waals surface area contributed by atoms with Crippen molar-refractivity contribution in [3.63, 3.8) is 0 Å². The van der Waals surface area contributed by atoms with Gasteiger partial charge in [0.1, 0.15) is 0 Å². The Morgan fingerprint density at radius 2 is 1.80 bits per heavy atom. The molecule has 1 nitrogen and oxygen atoms in total. The van der Waals surface area contributed by atoms with Crippen LogP contribution < -0.4 is 5.32 Å². The molecule has 1 aromatic rings. The van der Waals surface area contributed by atoms with Crippen LogP contribution in [0.2, 0.25) is 0 Å². The van der Waals surface area contributed by atoms with Crippen molar-refractivity contribution in [1.29, 1.82) is 0 Å². The molecule has 1 rings (SSSR count). The van der Waals surface area contributed by atoms with E-state index < -0.39 is 11.7 Å². The Labute approximate surface area is 119 Å². The molecule has 20 heavy (non-hydrogen) atoms. The molecular formula is C16H24F3N. The first-order valence-corrected chi connectivity index (χ1v) is 6.98. The maximum Gasteiger partial charge on any atom is 0.416 e. The van der Waals surface area contributed by atoms with Crippen LogP contribution >= 0.6 is 0 Å². The van der Waals surface area contributed by atoms with Gasteiger partial charge in [-0.25, -0.2) is 0 Å². The van der Waals surface area contributed by atoms with Gasteiger partial charge in [0.25, 0.3) is 0 Å². The molecule has 0 bridgehead atoms. The number of alkyl halides is 3. The van der Waals surface area contributed by atoms with Crippen molar-refractivity contribution in [2.45, 2.75) is 52.3 Å². The van der Waals surface area contributed by atoms with Crippen LogP contribution in [-0.2, 0) is 12.6 Å². The number of benzene rings is 1. The van der Waals surface area contributed by atoms with Crippen LogP contribution in [-0.4, -0.2) is 13.1 Å². The average molecular weight is 287 g/mol. The van der Waals surface area contributed by atoms with E-state index in [-0.39, 0.29) is 5.41 Å². The highest BCUT2D eigenvalue weighted by Crippen LogP contribution is 2.30. The third kappa shape index (κ3) is 5.16.